The molecule has 1 unspecified atom stereocenters. The van der Waals surface area contributed by atoms with Crippen molar-refractivity contribution < 1.29 is 21.7 Å². The topological polar surface area (TPSA) is 76.3 Å². The Bertz CT molecular complexity index is 1100. The standard InChI is InChI=1S/C20H19F2N3O3S/c21-17-9-4-6-15(12-17)13-29(26,27)25-11-5-10-20(22,14-25)19-23-18(24-28-19)16-7-2-1-3-8-16/h1-4,6-9,12H,5,10-11,13-14H2. The van der Waals surface area contributed by atoms with Crippen molar-refractivity contribution in [1.29, 1.82) is 0 Å². The van der Waals surface area contributed by atoms with Gasteiger partial charge in [-0.25, -0.2) is 17.2 Å². The Kier molecular flexibility index (Phi) is 5.18. The van der Waals surface area contributed by atoms with E-state index in [-0.39, 0.29) is 24.7 Å². The fourth-order valence-electron chi connectivity index (χ4n) is 3.42. The van der Waals surface area contributed by atoms with Gasteiger partial charge in [-0.3, -0.25) is 0 Å². The van der Waals surface area contributed by atoms with Crippen LogP contribution in [-0.2, 0) is 21.4 Å². The molecule has 1 aromatic heterocycles. The van der Waals surface area contributed by atoms with Crippen molar-refractivity contribution in [3.8, 4) is 11.4 Å². The van der Waals surface area contributed by atoms with Gasteiger partial charge in [0.25, 0.3) is 5.89 Å². The summed E-state index contributed by atoms with van der Waals surface area (Å²) in [5.74, 6) is -0.908. The van der Waals surface area contributed by atoms with Crippen LogP contribution in [-0.4, -0.2) is 36.0 Å². The summed E-state index contributed by atoms with van der Waals surface area (Å²) in [5.41, 5.74) is -1.09. The Labute approximate surface area is 167 Å². The van der Waals surface area contributed by atoms with Crippen LogP contribution >= 0.6 is 0 Å². The van der Waals surface area contributed by atoms with Gasteiger partial charge < -0.3 is 4.52 Å². The normalized spacial score (nSPS) is 20.6. The van der Waals surface area contributed by atoms with Crippen molar-refractivity contribution in [2.24, 2.45) is 0 Å². The second kappa shape index (κ2) is 7.64. The highest BCUT2D eigenvalue weighted by Gasteiger charge is 2.45. The summed E-state index contributed by atoms with van der Waals surface area (Å²) in [6, 6.07) is 14.4. The quantitative estimate of drug-likeness (QED) is 0.631. The first kappa shape index (κ1) is 19.7. The lowest BCUT2D eigenvalue weighted by Gasteiger charge is -2.34. The zero-order chi connectivity index (χ0) is 20.5. The number of rotatable bonds is 5. The number of halogens is 2. The smallest absolute Gasteiger partial charge is 0.266 e. The number of aromatic nitrogens is 2. The van der Waals surface area contributed by atoms with Gasteiger partial charge >= 0.3 is 0 Å². The summed E-state index contributed by atoms with van der Waals surface area (Å²) in [6.07, 6.45) is 0.386. The van der Waals surface area contributed by atoms with Gasteiger partial charge in [-0.1, -0.05) is 47.6 Å². The third kappa shape index (κ3) is 4.20. The number of alkyl halides is 1. The Morgan fingerprint density at radius 2 is 1.93 bits per heavy atom. The van der Waals surface area contributed by atoms with Gasteiger partial charge in [0.15, 0.2) is 0 Å². The molecule has 152 valence electrons. The van der Waals surface area contributed by atoms with E-state index in [1.165, 1.54) is 18.2 Å². The van der Waals surface area contributed by atoms with E-state index in [9.17, 15) is 12.8 Å². The fraction of sp³-hybridized carbons (Fsp3) is 0.300. The largest absolute Gasteiger partial charge is 0.335 e. The average molecular weight is 419 g/mol. The number of hydrogen-bond donors (Lipinski definition) is 0. The Hall–Kier alpha value is -2.65. The highest BCUT2D eigenvalue weighted by molar-refractivity contribution is 7.88. The summed E-state index contributed by atoms with van der Waals surface area (Å²) in [6.45, 7) is -0.232. The van der Waals surface area contributed by atoms with Gasteiger partial charge in [0.05, 0.1) is 12.3 Å². The molecule has 0 spiro atoms. The summed E-state index contributed by atoms with van der Waals surface area (Å²) in [4.78, 5) is 4.16. The van der Waals surface area contributed by atoms with Crippen LogP contribution in [0.4, 0.5) is 8.78 Å². The van der Waals surface area contributed by atoms with E-state index in [1.54, 1.807) is 24.3 Å². The molecular formula is C20H19F2N3O3S. The molecule has 9 heteroatoms. The van der Waals surface area contributed by atoms with Crippen LogP contribution in [0.3, 0.4) is 0 Å². The van der Waals surface area contributed by atoms with Gasteiger partial charge in [0, 0.05) is 12.1 Å². The van der Waals surface area contributed by atoms with Crippen LogP contribution in [0.2, 0.25) is 0 Å². The molecule has 29 heavy (non-hydrogen) atoms. The lowest BCUT2D eigenvalue weighted by atomic mass is 9.96. The SMILES string of the molecule is O=S(=O)(Cc1cccc(F)c1)N1CCCC(F)(c2nc(-c3ccccc3)no2)C1. The van der Waals surface area contributed by atoms with E-state index in [1.807, 2.05) is 6.07 Å². The molecule has 1 fully saturated rings. The molecule has 0 N–H and O–H groups in total. The average Bonchev–Trinajstić information content (AvgIpc) is 3.20. The maximum atomic E-state index is 15.7. The number of hydrogen-bond acceptors (Lipinski definition) is 5. The molecule has 6 nitrogen and oxygen atoms in total. The van der Waals surface area contributed by atoms with Gasteiger partial charge in [0.2, 0.25) is 21.5 Å². The molecule has 0 bridgehead atoms. The lowest BCUT2D eigenvalue weighted by molar-refractivity contribution is 0.0469. The Balaban J connectivity index is 1.55. The van der Waals surface area contributed by atoms with Crippen LogP contribution < -0.4 is 0 Å². The minimum absolute atomic E-state index is 0.0788. The van der Waals surface area contributed by atoms with E-state index < -0.39 is 33.8 Å². The first-order valence-electron chi connectivity index (χ1n) is 9.17. The molecule has 2 heterocycles. The minimum Gasteiger partial charge on any atom is -0.335 e. The monoisotopic (exact) mass is 419 g/mol. The summed E-state index contributed by atoms with van der Waals surface area (Å²) >= 11 is 0. The summed E-state index contributed by atoms with van der Waals surface area (Å²) in [7, 11) is -3.84. The molecular weight excluding hydrogens is 400 g/mol. The first-order chi connectivity index (χ1) is 13.9. The molecule has 0 amide bonds. The zero-order valence-corrected chi connectivity index (χ0v) is 16.3. The summed E-state index contributed by atoms with van der Waals surface area (Å²) in [5, 5.41) is 3.84. The predicted octanol–water partition coefficient (Wildman–Crippen LogP) is 3.67. The van der Waals surface area contributed by atoms with Crippen molar-refractivity contribution in [3.63, 3.8) is 0 Å². The van der Waals surface area contributed by atoms with Crippen molar-refractivity contribution in [2.45, 2.75) is 24.3 Å². The zero-order valence-electron chi connectivity index (χ0n) is 15.5. The molecule has 3 aromatic rings. The molecule has 1 atom stereocenters. The lowest BCUT2D eigenvalue weighted by Crippen LogP contribution is -2.46. The van der Waals surface area contributed by atoms with Gasteiger partial charge in [-0.2, -0.15) is 9.29 Å². The molecule has 1 aliphatic heterocycles. The van der Waals surface area contributed by atoms with Gasteiger partial charge in [-0.05, 0) is 30.5 Å². The summed E-state index contributed by atoms with van der Waals surface area (Å²) < 4.78 is 60.8. The van der Waals surface area contributed by atoms with Gasteiger partial charge in [-0.15, -0.1) is 0 Å². The van der Waals surface area contributed by atoms with E-state index >= 15 is 4.39 Å². The van der Waals surface area contributed by atoms with Crippen molar-refractivity contribution in [1.82, 2.24) is 14.4 Å². The molecule has 4 rings (SSSR count). The Morgan fingerprint density at radius 1 is 1.14 bits per heavy atom. The number of sulfonamides is 1. The van der Waals surface area contributed by atoms with Crippen molar-refractivity contribution >= 4 is 10.0 Å². The molecule has 0 saturated carbocycles. The van der Waals surface area contributed by atoms with E-state index in [4.69, 9.17) is 4.52 Å². The third-order valence-electron chi connectivity index (χ3n) is 4.88. The van der Waals surface area contributed by atoms with E-state index in [2.05, 4.69) is 10.1 Å². The van der Waals surface area contributed by atoms with Crippen LogP contribution in [0.25, 0.3) is 11.4 Å². The highest BCUT2D eigenvalue weighted by atomic mass is 32.2. The molecule has 0 aliphatic carbocycles. The maximum absolute atomic E-state index is 15.7. The molecule has 2 aromatic carbocycles. The Morgan fingerprint density at radius 3 is 2.69 bits per heavy atom. The van der Waals surface area contributed by atoms with Crippen LogP contribution in [0.1, 0.15) is 24.3 Å². The van der Waals surface area contributed by atoms with Gasteiger partial charge in [0.1, 0.15) is 5.82 Å². The fourth-order valence-corrected chi connectivity index (χ4v) is 5.02. The third-order valence-corrected chi connectivity index (χ3v) is 6.68. The highest BCUT2D eigenvalue weighted by Crippen LogP contribution is 2.37. The van der Waals surface area contributed by atoms with Crippen LogP contribution in [0.5, 0.6) is 0 Å². The molecule has 0 radical (unpaired) electrons. The van der Waals surface area contributed by atoms with Crippen LogP contribution in [0, 0.1) is 5.82 Å². The van der Waals surface area contributed by atoms with Crippen molar-refractivity contribution in [2.75, 3.05) is 13.1 Å². The predicted molar refractivity (Wildman–Crippen MR) is 102 cm³/mol. The second-order valence-corrected chi connectivity index (χ2v) is 9.05. The second-order valence-electron chi connectivity index (χ2n) is 7.08. The molecule has 1 saturated heterocycles. The maximum Gasteiger partial charge on any atom is 0.266 e. The molecule has 1 aliphatic rings. The number of nitrogens with zero attached hydrogens (tertiary/aromatic N) is 3. The first-order valence-corrected chi connectivity index (χ1v) is 10.8. The van der Waals surface area contributed by atoms with Crippen molar-refractivity contribution in [3.05, 3.63) is 71.9 Å². The minimum atomic E-state index is -3.84. The number of benzene rings is 2. The number of piperidine rings is 1. The van der Waals surface area contributed by atoms with E-state index in [0.717, 1.165) is 10.4 Å². The van der Waals surface area contributed by atoms with E-state index in [0.29, 0.717) is 17.5 Å². The van der Waals surface area contributed by atoms with Crippen LogP contribution in [0.15, 0.2) is 59.1 Å².